The molecule has 21 heavy (non-hydrogen) atoms. The zero-order valence-corrected chi connectivity index (χ0v) is 14.9. The van der Waals surface area contributed by atoms with Crippen LogP contribution in [0, 0.1) is 20.8 Å². The average molecular weight is 331 g/mol. The van der Waals surface area contributed by atoms with Crippen LogP contribution in [0.25, 0.3) is 0 Å². The van der Waals surface area contributed by atoms with Gasteiger partial charge in [0.25, 0.3) is 0 Å². The monoisotopic (exact) mass is 330 g/mol. The Labute approximate surface area is 149 Å². The number of carbonyl (C=O) groups is 1. The molecule has 0 spiro atoms. The van der Waals surface area contributed by atoms with Crippen LogP contribution in [-0.4, -0.2) is 5.52 Å². The third kappa shape index (κ3) is 4.35. The van der Waals surface area contributed by atoms with Crippen molar-refractivity contribution in [2.24, 2.45) is 0 Å². The number of hydrogen-bond acceptors (Lipinski definition) is 1. The van der Waals surface area contributed by atoms with E-state index in [2.05, 4.69) is 12.1 Å². The molecule has 2 aromatic rings. The first-order valence-electron chi connectivity index (χ1n) is 6.18. The third-order valence-electron chi connectivity index (χ3n) is 3.03. The fraction of sp³-hybridized carbons (Fsp3) is 0.188. The fourth-order valence-corrected chi connectivity index (χ4v) is 3.95. The molecular weight excluding hydrogens is 317 g/mol. The molecule has 0 aromatic heterocycles. The molecule has 0 heterocycles. The van der Waals surface area contributed by atoms with Crippen LogP contribution in [0.1, 0.15) is 27.0 Å². The van der Waals surface area contributed by atoms with E-state index in [1.807, 2.05) is 20.8 Å². The van der Waals surface area contributed by atoms with Crippen LogP contribution in [0.5, 0.6) is 0 Å². The van der Waals surface area contributed by atoms with Gasteiger partial charge in [-0.15, -0.1) is 0 Å². The van der Waals surface area contributed by atoms with Crippen molar-refractivity contribution >= 4 is 42.6 Å². The molecule has 104 valence electrons. The standard InChI is InChI=1S/C16H14Cl2OP.Li/c1-9-7-10(2)15(11(3)8-9)20-16(19)14-12(17)5-4-6-13(14)18;/h4-8H,1-3H3;/q-1;+1. The molecule has 0 atom stereocenters. The second kappa shape index (κ2) is 7.82. The quantitative estimate of drug-likeness (QED) is 0.623. The van der Waals surface area contributed by atoms with E-state index in [4.69, 9.17) is 23.2 Å². The molecule has 0 aliphatic rings. The van der Waals surface area contributed by atoms with Crippen molar-refractivity contribution in [3.8, 4) is 0 Å². The average Bonchev–Trinajstić information content (AvgIpc) is 2.33. The van der Waals surface area contributed by atoms with Crippen LogP contribution >= 0.6 is 31.8 Å². The maximum atomic E-state index is 12.5. The van der Waals surface area contributed by atoms with E-state index in [0.29, 0.717) is 24.2 Å². The van der Waals surface area contributed by atoms with Crippen LogP contribution in [0.2, 0.25) is 10.0 Å². The van der Waals surface area contributed by atoms with Crippen LogP contribution in [0.3, 0.4) is 0 Å². The van der Waals surface area contributed by atoms with E-state index < -0.39 is 0 Å². The number of rotatable bonds is 3. The van der Waals surface area contributed by atoms with Crippen LogP contribution in [0.15, 0.2) is 30.3 Å². The molecule has 0 saturated heterocycles. The zero-order chi connectivity index (χ0) is 14.9. The van der Waals surface area contributed by atoms with Gasteiger partial charge in [-0.05, 0) is 32.9 Å². The van der Waals surface area contributed by atoms with Gasteiger partial charge in [0.15, 0.2) is 0 Å². The molecule has 2 aromatic carbocycles. The van der Waals surface area contributed by atoms with Crippen molar-refractivity contribution in [2.75, 3.05) is 0 Å². The van der Waals surface area contributed by atoms with E-state index in [1.54, 1.807) is 18.2 Å². The number of benzene rings is 2. The van der Waals surface area contributed by atoms with E-state index in [0.717, 1.165) is 16.4 Å². The van der Waals surface area contributed by atoms with Gasteiger partial charge in [0.1, 0.15) is 0 Å². The topological polar surface area (TPSA) is 17.1 Å². The van der Waals surface area contributed by atoms with E-state index in [-0.39, 0.29) is 24.4 Å². The predicted molar refractivity (Wildman–Crippen MR) is 88.0 cm³/mol. The summed E-state index contributed by atoms with van der Waals surface area (Å²) in [5.41, 5.74) is 3.75. The molecule has 0 amide bonds. The van der Waals surface area contributed by atoms with Gasteiger partial charge in [-0.25, -0.2) is 0 Å². The van der Waals surface area contributed by atoms with Gasteiger partial charge in [-0.1, -0.05) is 58.1 Å². The first-order valence-corrected chi connectivity index (χ1v) is 7.83. The molecule has 0 bridgehead atoms. The smallest absolute Gasteiger partial charge is 0.425 e. The molecule has 5 heteroatoms. The molecule has 0 saturated carbocycles. The summed E-state index contributed by atoms with van der Waals surface area (Å²) in [7, 11) is 0.607. The Morgan fingerprint density at radius 2 is 1.48 bits per heavy atom. The summed E-state index contributed by atoms with van der Waals surface area (Å²) in [5, 5.41) is 1.83. The molecule has 0 aliphatic carbocycles. The van der Waals surface area contributed by atoms with Gasteiger partial charge >= 0.3 is 18.9 Å². The number of aryl methyl sites for hydroxylation is 3. The van der Waals surface area contributed by atoms with Crippen LogP contribution in [-0.2, 0) is 0 Å². The maximum absolute atomic E-state index is 12.5. The van der Waals surface area contributed by atoms with Crippen molar-refractivity contribution in [1.29, 1.82) is 0 Å². The van der Waals surface area contributed by atoms with Crippen LogP contribution < -0.4 is 24.2 Å². The summed E-state index contributed by atoms with van der Waals surface area (Å²) in [6, 6.07) is 9.27. The number of halogens is 2. The van der Waals surface area contributed by atoms with Gasteiger partial charge in [0.2, 0.25) is 0 Å². The van der Waals surface area contributed by atoms with Crippen molar-refractivity contribution in [1.82, 2.24) is 0 Å². The van der Waals surface area contributed by atoms with Crippen molar-refractivity contribution in [3.63, 3.8) is 0 Å². The second-order valence-corrected chi connectivity index (χ2v) is 6.65. The van der Waals surface area contributed by atoms with Gasteiger partial charge in [0.05, 0.1) is 10.0 Å². The molecular formula is C16H14Cl2LiOP. The Morgan fingerprint density at radius 1 is 1.00 bits per heavy atom. The first-order chi connectivity index (χ1) is 9.40. The SMILES string of the molecule is Cc1cc(C)c([P-]C(=O)c2c(Cl)cccc2Cl)c(C)c1.[Li+]. The second-order valence-electron chi connectivity index (χ2n) is 4.76. The number of hydrogen-bond donors (Lipinski definition) is 0. The van der Waals surface area contributed by atoms with Gasteiger partial charge in [-0.3, -0.25) is 0 Å². The summed E-state index contributed by atoms with van der Waals surface area (Å²) in [4.78, 5) is 12.5. The molecule has 0 radical (unpaired) electrons. The Kier molecular flexibility index (Phi) is 6.99. The fourth-order valence-electron chi connectivity index (χ4n) is 2.21. The Hall–Kier alpha value is -0.283. The molecule has 1 nitrogen and oxygen atoms in total. The number of carbonyl (C=O) groups excluding carboxylic acids is 1. The van der Waals surface area contributed by atoms with Crippen molar-refractivity contribution in [2.45, 2.75) is 20.8 Å². The largest absolute Gasteiger partial charge is 1.00 e. The van der Waals surface area contributed by atoms with Crippen LogP contribution in [0.4, 0.5) is 0 Å². The van der Waals surface area contributed by atoms with E-state index >= 15 is 0 Å². The van der Waals surface area contributed by atoms with Crippen molar-refractivity contribution in [3.05, 3.63) is 62.6 Å². The summed E-state index contributed by atoms with van der Waals surface area (Å²) in [6.45, 7) is 6.08. The van der Waals surface area contributed by atoms with E-state index in [1.165, 1.54) is 5.56 Å². The normalized spacial score (nSPS) is 10.7. The Balaban J connectivity index is 0.00000220. The van der Waals surface area contributed by atoms with Crippen molar-refractivity contribution < 1.29 is 23.7 Å². The first kappa shape index (κ1) is 18.8. The Bertz CT molecular complexity index is 643. The van der Waals surface area contributed by atoms with Gasteiger partial charge in [0, 0.05) is 11.1 Å². The summed E-state index contributed by atoms with van der Waals surface area (Å²) in [6.07, 6.45) is 0. The third-order valence-corrected chi connectivity index (χ3v) is 5.01. The summed E-state index contributed by atoms with van der Waals surface area (Å²) < 4.78 is 0. The van der Waals surface area contributed by atoms with Gasteiger partial charge in [-0.2, -0.15) is 5.30 Å². The summed E-state index contributed by atoms with van der Waals surface area (Å²) in [5.74, 6) is 0. The minimum Gasteiger partial charge on any atom is -0.425 e. The molecule has 0 unspecified atom stereocenters. The molecule has 0 fully saturated rings. The minimum absolute atomic E-state index is 0. The predicted octanol–water partition coefficient (Wildman–Crippen LogP) is 2.33. The zero-order valence-electron chi connectivity index (χ0n) is 12.5. The molecule has 0 N–H and O–H groups in total. The maximum Gasteiger partial charge on any atom is 1.00 e. The molecule has 0 aliphatic heterocycles. The summed E-state index contributed by atoms with van der Waals surface area (Å²) >= 11 is 12.2. The van der Waals surface area contributed by atoms with E-state index in [9.17, 15) is 4.79 Å². The Morgan fingerprint density at radius 3 is 1.95 bits per heavy atom. The minimum atomic E-state index is -0.0735. The van der Waals surface area contributed by atoms with Gasteiger partial charge < -0.3 is 13.4 Å². The molecule has 2 rings (SSSR count).